The lowest BCUT2D eigenvalue weighted by molar-refractivity contribution is -0.0634. The number of likely N-dealkylation sites (tertiary alicyclic amines) is 1. The number of rotatable bonds is 2. The Morgan fingerprint density at radius 1 is 1.15 bits per heavy atom. The van der Waals surface area contributed by atoms with E-state index in [1.165, 1.54) is 0 Å². The lowest BCUT2D eigenvalue weighted by Gasteiger charge is -2.36. The molecule has 2 amide bonds. The zero-order valence-electron chi connectivity index (χ0n) is 15.2. The molecule has 2 N–H and O–H groups in total. The lowest BCUT2D eigenvalue weighted by Crippen LogP contribution is -2.48. The largest absolute Gasteiger partial charge is 0.324 e. The average molecular weight is 384 g/mol. The molecule has 6 heteroatoms. The van der Waals surface area contributed by atoms with Crippen molar-refractivity contribution in [2.75, 3.05) is 18.4 Å². The first kappa shape index (κ1) is 17.9. The molecule has 1 saturated heterocycles. The molecule has 0 radical (unpaired) electrons. The Morgan fingerprint density at radius 2 is 1.85 bits per heavy atom. The molecule has 1 fully saturated rings. The Hall–Kier alpha value is -2.50. The number of nitrogens with zero attached hydrogens (tertiary/aromatic N) is 1. The normalized spacial score (nSPS) is 18.1. The molecule has 2 aromatic rings. The number of carbonyl (C=O) groups excluding carboxylic acids is 1. The molecular weight excluding hydrogens is 362 g/mol. The van der Waals surface area contributed by atoms with Gasteiger partial charge >= 0.3 is 6.03 Å². The van der Waals surface area contributed by atoms with Gasteiger partial charge in [0.1, 0.15) is 5.60 Å². The van der Waals surface area contributed by atoms with Gasteiger partial charge in [0.25, 0.3) is 0 Å². The van der Waals surface area contributed by atoms with Gasteiger partial charge in [-0.2, -0.15) is 0 Å². The van der Waals surface area contributed by atoms with Crippen molar-refractivity contribution in [2.24, 2.45) is 0 Å². The van der Waals surface area contributed by atoms with Crippen LogP contribution in [-0.4, -0.2) is 29.6 Å². The van der Waals surface area contributed by atoms with Crippen molar-refractivity contribution in [3.05, 3.63) is 70.8 Å². The molecule has 0 bridgehead atoms. The minimum absolute atomic E-state index is 0.0630. The Bertz CT molecular complexity index is 871. The highest BCUT2D eigenvalue weighted by Gasteiger charge is 2.39. The van der Waals surface area contributed by atoms with Gasteiger partial charge in [0, 0.05) is 36.6 Å². The van der Waals surface area contributed by atoms with Crippen LogP contribution < -0.4 is 10.8 Å². The van der Waals surface area contributed by atoms with Crippen molar-refractivity contribution in [3.8, 4) is 0 Å². The van der Waals surface area contributed by atoms with E-state index in [0.29, 0.717) is 18.1 Å². The highest BCUT2D eigenvalue weighted by atomic mass is 35.5. The number of aryl methyl sites for hydroxylation is 1. The van der Waals surface area contributed by atoms with E-state index in [4.69, 9.17) is 16.4 Å². The van der Waals surface area contributed by atoms with E-state index in [1.807, 2.05) is 60.4 Å². The number of halogens is 1. The van der Waals surface area contributed by atoms with Crippen LogP contribution in [0.3, 0.4) is 0 Å². The first-order chi connectivity index (χ1) is 13.0. The molecule has 140 valence electrons. The number of para-hydroxylation sites is 1. The molecule has 0 saturated carbocycles. The minimum atomic E-state index is -0.367. The molecule has 2 aromatic carbocycles. The average Bonchev–Trinajstić information content (AvgIpc) is 3.08. The van der Waals surface area contributed by atoms with Crippen molar-refractivity contribution in [1.82, 2.24) is 10.4 Å². The summed E-state index contributed by atoms with van der Waals surface area (Å²) < 4.78 is 0. The standard InChI is InChI=1S/C21H22ClN3O2/c1-15-4-2-3-5-18(15)23-20(26)25-12-10-21(11-13-25)14-19(24-27-21)16-6-8-17(22)9-7-16/h2-9,14,24H,10-13H2,1H3,(H,23,26). The predicted molar refractivity (Wildman–Crippen MR) is 107 cm³/mol. The van der Waals surface area contributed by atoms with Crippen LogP contribution in [0.2, 0.25) is 5.02 Å². The Balaban J connectivity index is 1.39. The molecule has 4 rings (SSSR count). The number of hydroxylamine groups is 1. The van der Waals surface area contributed by atoms with Crippen molar-refractivity contribution < 1.29 is 9.63 Å². The summed E-state index contributed by atoms with van der Waals surface area (Å²) in [7, 11) is 0. The van der Waals surface area contributed by atoms with Crippen LogP contribution >= 0.6 is 11.6 Å². The van der Waals surface area contributed by atoms with Crippen molar-refractivity contribution >= 4 is 29.0 Å². The van der Waals surface area contributed by atoms with Crippen LogP contribution in [0.25, 0.3) is 5.70 Å². The summed E-state index contributed by atoms with van der Waals surface area (Å²) in [6, 6.07) is 15.4. The van der Waals surface area contributed by atoms with Crippen LogP contribution in [-0.2, 0) is 4.84 Å². The van der Waals surface area contributed by atoms with Crippen LogP contribution in [0.15, 0.2) is 54.6 Å². The first-order valence-electron chi connectivity index (χ1n) is 9.09. The van der Waals surface area contributed by atoms with Gasteiger partial charge in [-0.15, -0.1) is 0 Å². The first-order valence-corrected chi connectivity index (χ1v) is 9.47. The summed E-state index contributed by atoms with van der Waals surface area (Å²) in [5.74, 6) is 0. The third-order valence-corrected chi connectivity index (χ3v) is 5.46. The fraction of sp³-hybridized carbons (Fsp3) is 0.286. The molecule has 2 aliphatic heterocycles. The second-order valence-corrected chi connectivity index (χ2v) is 7.50. The second-order valence-electron chi connectivity index (χ2n) is 7.07. The number of hydrogen-bond acceptors (Lipinski definition) is 3. The van der Waals surface area contributed by atoms with Gasteiger partial charge in [0.2, 0.25) is 0 Å². The molecule has 0 unspecified atom stereocenters. The van der Waals surface area contributed by atoms with Gasteiger partial charge in [-0.25, -0.2) is 4.79 Å². The number of anilines is 1. The highest BCUT2D eigenvalue weighted by Crippen LogP contribution is 2.35. The zero-order chi connectivity index (χ0) is 18.9. The Labute approximate surface area is 163 Å². The summed E-state index contributed by atoms with van der Waals surface area (Å²) in [4.78, 5) is 20.3. The molecule has 5 nitrogen and oxygen atoms in total. The van der Waals surface area contributed by atoms with Crippen molar-refractivity contribution in [3.63, 3.8) is 0 Å². The molecule has 1 spiro atoms. The molecular formula is C21H22ClN3O2. The van der Waals surface area contributed by atoms with Crippen LogP contribution in [0.1, 0.15) is 24.0 Å². The number of amides is 2. The summed E-state index contributed by atoms with van der Waals surface area (Å²) in [5.41, 5.74) is 6.57. The van der Waals surface area contributed by atoms with Crippen LogP contribution in [0.5, 0.6) is 0 Å². The SMILES string of the molecule is Cc1ccccc1NC(=O)N1CCC2(C=C(c3ccc(Cl)cc3)NO2)CC1. The Kier molecular flexibility index (Phi) is 4.81. The van der Waals surface area contributed by atoms with Gasteiger partial charge in [0.05, 0.1) is 5.70 Å². The van der Waals surface area contributed by atoms with Gasteiger partial charge in [-0.1, -0.05) is 41.9 Å². The van der Waals surface area contributed by atoms with Crippen molar-refractivity contribution in [2.45, 2.75) is 25.4 Å². The fourth-order valence-electron chi connectivity index (χ4n) is 3.49. The second kappa shape index (κ2) is 7.25. The third kappa shape index (κ3) is 3.80. The minimum Gasteiger partial charge on any atom is -0.324 e. The van der Waals surface area contributed by atoms with Gasteiger partial charge in [-0.05, 0) is 42.3 Å². The van der Waals surface area contributed by atoms with Gasteiger partial charge in [0.15, 0.2) is 0 Å². The van der Waals surface area contributed by atoms with E-state index >= 15 is 0 Å². The lowest BCUT2D eigenvalue weighted by atomic mass is 9.90. The highest BCUT2D eigenvalue weighted by molar-refractivity contribution is 6.30. The maximum Gasteiger partial charge on any atom is 0.321 e. The van der Waals surface area contributed by atoms with Crippen LogP contribution in [0.4, 0.5) is 10.5 Å². The zero-order valence-corrected chi connectivity index (χ0v) is 15.9. The van der Waals surface area contributed by atoms with E-state index in [0.717, 1.165) is 35.4 Å². The summed E-state index contributed by atoms with van der Waals surface area (Å²) in [6.45, 7) is 3.27. The quantitative estimate of drug-likeness (QED) is 0.797. The van der Waals surface area contributed by atoms with E-state index in [9.17, 15) is 4.79 Å². The maximum absolute atomic E-state index is 12.6. The molecule has 2 aliphatic rings. The topological polar surface area (TPSA) is 53.6 Å². The molecule has 0 aromatic heterocycles. The summed E-state index contributed by atoms with van der Waals surface area (Å²) in [5, 5.41) is 3.71. The monoisotopic (exact) mass is 383 g/mol. The van der Waals surface area contributed by atoms with Gasteiger partial charge < -0.3 is 10.2 Å². The van der Waals surface area contributed by atoms with E-state index in [1.54, 1.807) is 0 Å². The van der Waals surface area contributed by atoms with Gasteiger partial charge in [-0.3, -0.25) is 10.3 Å². The van der Waals surface area contributed by atoms with E-state index in [-0.39, 0.29) is 11.6 Å². The number of benzene rings is 2. The predicted octanol–water partition coefficient (Wildman–Crippen LogP) is 4.59. The number of urea groups is 1. The third-order valence-electron chi connectivity index (χ3n) is 5.21. The number of carbonyl (C=O) groups is 1. The summed E-state index contributed by atoms with van der Waals surface area (Å²) >= 11 is 5.96. The van der Waals surface area contributed by atoms with E-state index in [2.05, 4.69) is 16.9 Å². The van der Waals surface area contributed by atoms with Crippen molar-refractivity contribution in [1.29, 1.82) is 0 Å². The molecule has 0 aliphatic carbocycles. The number of piperidine rings is 1. The number of hydrogen-bond donors (Lipinski definition) is 2. The van der Waals surface area contributed by atoms with E-state index < -0.39 is 0 Å². The fourth-order valence-corrected chi connectivity index (χ4v) is 3.62. The molecule has 2 heterocycles. The molecule has 27 heavy (non-hydrogen) atoms. The Morgan fingerprint density at radius 3 is 2.56 bits per heavy atom. The number of nitrogens with one attached hydrogen (secondary N) is 2. The molecule has 0 atom stereocenters. The van der Waals surface area contributed by atoms with Crippen LogP contribution in [0, 0.1) is 6.92 Å². The summed E-state index contributed by atoms with van der Waals surface area (Å²) in [6.07, 6.45) is 3.63. The smallest absolute Gasteiger partial charge is 0.321 e. The maximum atomic E-state index is 12.6.